The van der Waals surface area contributed by atoms with Crippen molar-refractivity contribution < 1.29 is 13.2 Å². The van der Waals surface area contributed by atoms with Crippen LogP contribution in [0.4, 0.5) is 5.69 Å². The van der Waals surface area contributed by atoms with Crippen LogP contribution < -0.4 is 4.90 Å². The number of hydrogen-bond acceptors (Lipinski definition) is 3. The molecule has 0 fully saturated rings. The van der Waals surface area contributed by atoms with Gasteiger partial charge in [-0.3, -0.25) is 4.79 Å². The fraction of sp³-hybridized carbons (Fsp3) is 0.381. The second kappa shape index (κ2) is 8.23. The molecule has 3 rings (SSSR count). The highest BCUT2D eigenvalue weighted by atomic mass is 35.5. The SMILES string of the molecule is CCN(CC)S(=O)(=O)c1cc(C(=O)N2CCC(C)c3ccccc32)ccc1Cl. The van der Waals surface area contributed by atoms with Crippen molar-refractivity contribution >= 4 is 33.2 Å². The second-order valence-corrected chi connectivity index (χ2v) is 9.25. The van der Waals surface area contributed by atoms with E-state index >= 15 is 0 Å². The smallest absolute Gasteiger partial charge is 0.258 e. The molecule has 0 saturated carbocycles. The number of nitrogens with zero attached hydrogens (tertiary/aromatic N) is 2. The van der Waals surface area contributed by atoms with Gasteiger partial charge < -0.3 is 4.90 Å². The summed E-state index contributed by atoms with van der Waals surface area (Å²) in [5.74, 6) is 0.163. The summed E-state index contributed by atoms with van der Waals surface area (Å²) >= 11 is 6.20. The summed E-state index contributed by atoms with van der Waals surface area (Å²) in [5, 5.41) is 0.121. The van der Waals surface area contributed by atoms with Crippen molar-refractivity contribution in [2.45, 2.75) is 38.0 Å². The Morgan fingerprint density at radius 1 is 1.18 bits per heavy atom. The normalized spacial score (nSPS) is 16.9. The third-order valence-electron chi connectivity index (χ3n) is 5.29. The van der Waals surface area contributed by atoms with Gasteiger partial charge in [0.25, 0.3) is 5.91 Å². The van der Waals surface area contributed by atoms with Crippen LogP contribution in [-0.4, -0.2) is 38.3 Å². The van der Waals surface area contributed by atoms with Gasteiger partial charge in [-0.25, -0.2) is 8.42 Å². The van der Waals surface area contributed by atoms with Gasteiger partial charge in [0.2, 0.25) is 10.0 Å². The molecule has 1 heterocycles. The first-order chi connectivity index (χ1) is 13.3. The largest absolute Gasteiger partial charge is 0.308 e. The van der Waals surface area contributed by atoms with Gasteiger partial charge in [-0.2, -0.15) is 4.31 Å². The van der Waals surface area contributed by atoms with Crippen molar-refractivity contribution in [1.29, 1.82) is 0 Å². The van der Waals surface area contributed by atoms with Crippen LogP contribution in [0.2, 0.25) is 5.02 Å². The number of carbonyl (C=O) groups excluding carboxylic acids is 1. The number of fused-ring (bicyclic) bond motifs is 1. The second-order valence-electron chi connectivity index (χ2n) is 6.94. The lowest BCUT2D eigenvalue weighted by Crippen LogP contribution is -2.36. The molecule has 0 radical (unpaired) electrons. The van der Waals surface area contributed by atoms with Gasteiger partial charge >= 0.3 is 0 Å². The number of benzene rings is 2. The van der Waals surface area contributed by atoms with Crippen LogP contribution in [-0.2, 0) is 10.0 Å². The van der Waals surface area contributed by atoms with E-state index in [1.165, 1.54) is 16.4 Å². The number of sulfonamides is 1. The van der Waals surface area contributed by atoms with Crippen molar-refractivity contribution in [3.63, 3.8) is 0 Å². The van der Waals surface area contributed by atoms with Gasteiger partial charge in [-0.1, -0.05) is 50.6 Å². The molecule has 1 atom stereocenters. The summed E-state index contributed by atoms with van der Waals surface area (Å²) in [5.41, 5.74) is 2.33. The molecule has 28 heavy (non-hydrogen) atoms. The summed E-state index contributed by atoms with van der Waals surface area (Å²) in [6, 6.07) is 12.3. The zero-order valence-electron chi connectivity index (χ0n) is 16.4. The van der Waals surface area contributed by atoms with E-state index in [1.54, 1.807) is 24.8 Å². The van der Waals surface area contributed by atoms with Crippen LogP contribution in [0.25, 0.3) is 0 Å². The molecule has 2 aromatic rings. The molecule has 150 valence electrons. The highest BCUT2D eigenvalue weighted by Crippen LogP contribution is 2.36. The lowest BCUT2D eigenvalue weighted by atomic mass is 9.91. The minimum absolute atomic E-state index is 0.0256. The molecule has 2 aromatic carbocycles. The van der Waals surface area contributed by atoms with E-state index in [1.807, 2.05) is 24.3 Å². The van der Waals surface area contributed by atoms with Crippen LogP contribution in [0.15, 0.2) is 47.4 Å². The van der Waals surface area contributed by atoms with Crippen LogP contribution in [0.3, 0.4) is 0 Å². The maximum atomic E-state index is 13.2. The fourth-order valence-corrected chi connectivity index (χ4v) is 5.61. The standard InChI is InChI=1S/C21H25ClN2O3S/c1-4-23(5-2)28(26,27)20-14-16(10-11-18(20)22)21(25)24-13-12-15(3)17-8-6-7-9-19(17)24/h6-11,14-15H,4-5,12-13H2,1-3H3. The summed E-state index contributed by atoms with van der Waals surface area (Å²) in [6.45, 7) is 6.97. The minimum Gasteiger partial charge on any atom is -0.308 e. The maximum Gasteiger partial charge on any atom is 0.258 e. The van der Waals surface area contributed by atoms with Gasteiger partial charge in [0.05, 0.1) is 5.02 Å². The molecule has 1 amide bonds. The average molecular weight is 421 g/mol. The number of carbonyl (C=O) groups is 1. The first-order valence-electron chi connectivity index (χ1n) is 9.51. The van der Waals surface area contributed by atoms with Gasteiger partial charge in [-0.05, 0) is 42.2 Å². The van der Waals surface area contributed by atoms with Crippen molar-refractivity contribution in [3.8, 4) is 0 Å². The summed E-state index contributed by atoms with van der Waals surface area (Å²) in [7, 11) is -3.76. The number of anilines is 1. The van der Waals surface area contributed by atoms with Crippen molar-refractivity contribution in [3.05, 3.63) is 58.6 Å². The third kappa shape index (κ3) is 3.69. The Kier molecular flexibility index (Phi) is 6.12. The Bertz CT molecular complexity index is 987. The molecular formula is C21H25ClN2O3S. The molecule has 0 N–H and O–H groups in total. The van der Waals surface area contributed by atoms with E-state index in [0.717, 1.165) is 17.7 Å². The van der Waals surface area contributed by atoms with E-state index in [4.69, 9.17) is 11.6 Å². The van der Waals surface area contributed by atoms with Crippen LogP contribution >= 0.6 is 11.6 Å². The molecule has 1 unspecified atom stereocenters. The molecule has 0 saturated heterocycles. The van der Waals surface area contributed by atoms with Crippen molar-refractivity contribution in [1.82, 2.24) is 4.31 Å². The minimum atomic E-state index is -3.76. The summed E-state index contributed by atoms with van der Waals surface area (Å²) in [6.07, 6.45) is 0.862. The zero-order valence-corrected chi connectivity index (χ0v) is 17.9. The van der Waals surface area contributed by atoms with Gasteiger partial charge in [0, 0.05) is 30.9 Å². The quantitative estimate of drug-likeness (QED) is 0.714. The number of hydrogen-bond donors (Lipinski definition) is 0. The molecule has 1 aliphatic rings. The molecule has 0 spiro atoms. The highest BCUT2D eigenvalue weighted by molar-refractivity contribution is 7.89. The molecule has 0 bridgehead atoms. The Labute approximate surface area is 172 Å². The van der Waals surface area contributed by atoms with Gasteiger partial charge in [-0.15, -0.1) is 0 Å². The Hall–Kier alpha value is -1.89. The van der Waals surface area contributed by atoms with Gasteiger partial charge in [0.15, 0.2) is 0 Å². The van der Waals surface area contributed by atoms with Crippen LogP contribution in [0.1, 0.15) is 49.0 Å². The van der Waals surface area contributed by atoms with E-state index in [2.05, 4.69) is 6.92 Å². The number of para-hydroxylation sites is 1. The van der Waals surface area contributed by atoms with Crippen LogP contribution in [0, 0.1) is 0 Å². The number of amides is 1. The Morgan fingerprint density at radius 3 is 2.54 bits per heavy atom. The maximum absolute atomic E-state index is 13.2. The zero-order chi connectivity index (χ0) is 20.5. The van der Waals surface area contributed by atoms with Crippen LogP contribution in [0.5, 0.6) is 0 Å². The molecular weight excluding hydrogens is 396 g/mol. The van der Waals surface area contributed by atoms with Crippen molar-refractivity contribution in [2.75, 3.05) is 24.5 Å². The topological polar surface area (TPSA) is 57.7 Å². The summed E-state index contributed by atoms with van der Waals surface area (Å²) in [4.78, 5) is 14.9. The van der Waals surface area contributed by atoms with E-state index in [0.29, 0.717) is 31.1 Å². The predicted molar refractivity (Wildman–Crippen MR) is 113 cm³/mol. The molecule has 1 aliphatic heterocycles. The van der Waals surface area contributed by atoms with Crippen molar-refractivity contribution in [2.24, 2.45) is 0 Å². The predicted octanol–water partition coefficient (Wildman–Crippen LogP) is 4.52. The lowest BCUT2D eigenvalue weighted by molar-refractivity contribution is 0.0984. The van der Waals surface area contributed by atoms with Gasteiger partial charge in [0.1, 0.15) is 4.90 Å². The molecule has 0 aromatic heterocycles. The first kappa shape index (κ1) is 20.8. The van der Waals surface area contributed by atoms with E-state index in [9.17, 15) is 13.2 Å². The van der Waals surface area contributed by atoms with E-state index < -0.39 is 10.0 Å². The third-order valence-corrected chi connectivity index (χ3v) is 7.82. The van der Waals surface area contributed by atoms with E-state index in [-0.39, 0.29) is 15.8 Å². The number of halogens is 1. The monoisotopic (exact) mass is 420 g/mol. The molecule has 5 nitrogen and oxygen atoms in total. The Balaban J connectivity index is 2.02. The lowest BCUT2D eigenvalue weighted by Gasteiger charge is -2.33. The average Bonchev–Trinajstić information content (AvgIpc) is 2.69. The molecule has 7 heteroatoms. The highest BCUT2D eigenvalue weighted by Gasteiger charge is 2.29. The number of rotatable bonds is 5. The first-order valence-corrected chi connectivity index (χ1v) is 11.3. The molecule has 0 aliphatic carbocycles. The Morgan fingerprint density at radius 2 is 1.86 bits per heavy atom. The fourth-order valence-electron chi connectivity index (χ4n) is 3.65. The summed E-state index contributed by atoms with van der Waals surface area (Å²) < 4.78 is 27.2.